The third-order valence-electron chi connectivity index (χ3n) is 3.77. The number of anilines is 1. The van der Waals surface area contributed by atoms with Gasteiger partial charge in [-0.1, -0.05) is 13.8 Å². The van der Waals surface area contributed by atoms with E-state index >= 15 is 0 Å². The molecule has 1 amide bonds. The van der Waals surface area contributed by atoms with Gasteiger partial charge >= 0.3 is 0 Å². The van der Waals surface area contributed by atoms with E-state index in [1.807, 2.05) is 18.2 Å². The maximum atomic E-state index is 12.0. The van der Waals surface area contributed by atoms with Crippen LogP contribution in [0.1, 0.15) is 44.9 Å². The first-order valence-corrected chi connectivity index (χ1v) is 7.58. The smallest absolute Gasteiger partial charge is 0.242 e. The second-order valence-electron chi connectivity index (χ2n) is 5.87. The van der Waals surface area contributed by atoms with Gasteiger partial charge in [-0.3, -0.25) is 4.79 Å². The number of hydrogen-bond acceptors (Lipinski definition) is 4. The van der Waals surface area contributed by atoms with Gasteiger partial charge in [-0.2, -0.15) is 0 Å². The molecule has 1 aliphatic heterocycles. The predicted octanol–water partition coefficient (Wildman–Crippen LogP) is 3.03. The van der Waals surface area contributed by atoms with E-state index in [-0.39, 0.29) is 17.9 Å². The number of nitrogens with zero attached hydrogens (tertiary/aromatic N) is 1. The van der Waals surface area contributed by atoms with Gasteiger partial charge in [0.05, 0.1) is 0 Å². The Morgan fingerprint density at radius 2 is 2.24 bits per heavy atom. The van der Waals surface area contributed by atoms with Crippen molar-refractivity contribution in [3.8, 4) is 0 Å². The number of carbonyl (C=O) groups excluding carboxylic acids is 1. The Labute approximate surface area is 124 Å². The number of amides is 1. The molecule has 1 atom stereocenters. The molecule has 5 heteroatoms. The molecule has 0 saturated carbocycles. The lowest BCUT2D eigenvalue weighted by Gasteiger charge is -2.16. The van der Waals surface area contributed by atoms with Crippen molar-refractivity contribution in [1.82, 2.24) is 10.3 Å². The second-order valence-corrected chi connectivity index (χ2v) is 5.87. The third-order valence-corrected chi connectivity index (χ3v) is 3.77. The van der Waals surface area contributed by atoms with Crippen LogP contribution in [0.25, 0.3) is 11.1 Å². The molecule has 1 saturated heterocycles. The number of carbonyl (C=O) groups is 1. The van der Waals surface area contributed by atoms with Gasteiger partial charge < -0.3 is 15.1 Å². The maximum absolute atomic E-state index is 12.0. The quantitative estimate of drug-likeness (QED) is 0.910. The standard InChI is InChI=1S/C16H21N3O2/c1-10(2)16-19-13-9-11(6-7-14(13)21-16)18-12-5-3-4-8-17-15(12)20/h6-7,9-10,12,18H,3-5,8H2,1-2H3,(H,17,20). The Balaban J connectivity index is 1.81. The van der Waals surface area contributed by atoms with E-state index in [9.17, 15) is 4.79 Å². The fraction of sp³-hybridized carbons (Fsp3) is 0.500. The van der Waals surface area contributed by atoms with E-state index in [2.05, 4.69) is 29.5 Å². The molecule has 5 nitrogen and oxygen atoms in total. The van der Waals surface area contributed by atoms with Gasteiger partial charge in [0.25, 0.3) is 0 Å². The molecule has 3 rings (SSSR count). The third kappa shape index (κ3) is 3.01. The average Bonchev–Trinajstić information content (AvgIpc) is 2.78. The minimum absolute atomic E-state index is 0.0793. The summed E-state index contributed by atoms with van der Waals surface area (Å²) in [5.41, 5.74) is 2.53. The second kappa shape index (κ2) is 5.76. The Morgan fingerprint density at radius 3 is 3.05 bits per heavy atom. The van der Waals surface area contributed by atoms with Crippen LogP contribution in [0.15, 0.2) is 22.6 Å². The number of nitrogens with one attached hydrogen (secondary N) is 2. The summed E-state index contributed by atoms with van der Waals surface area (Å²) >= 11 is 0. The summed E-state index contributed by atoms with van der Waals surface area (Å²) in [5.74, 6) is 1.09. The van der Waals surface area contributed by atoms with Crippen molar-refractivity contribution in [3.63, 3.8) is 0 Å². The topological polar surface area (TPSA) is 67.2 Å². The van der Waals surface area contributed by atoms with Crippen LogP contribution in [0.5, 0.6) is 0 Å². The molecular weight excluding hydrogens is 266 g/mol. The van der Waals surface area contributed by atoms with Crippen molar-refractivity contribution in [1.29, 1.82) is 0 Å². The molecule has 21 heavy (non-hydrogen) atoms. The molecule has 0 bridgehead atoms. The van der Waals surface area contributed by atoms with E-state index < -0.39 is 0 Å². The van der Waals surface area contributed by atoms with Gasteiger partial charge in [0.15, 0.2) is 11.5 Å². The summed E-state index contributed by atoms with van der Waals surface area (Å²) in [6.45, 7) is 4.89. The number of oxazole rings is 1. The fourth-order valence-corrected chi connectivity index (χ4v) is 2.56. The van der Waals surface area contributed by atoms with E-state index in [1.165, 1.54) is 0 Å². The number of rotatable bonds is 3. The molecular formula is C16H21N3O2. The molecule has 1 unspecified atom stereocenters. The lowest BCUT2D eigenvalue weighted by molar-refractivity contribution is -0.121. The van der Waals surface area contributed by atoms with Gasteiger partial charge in [0.2, 0.25) is 5.91 Å². The highest BCUT2D eigenvalue weighted by Crippen LogP contribution is 2.24. The Morgan fingerprint density at radius 1 is 1.38 bits per heavy atom. The van der Waals surface area contributed by atoms with E-state index in [0.29, 0.717) is 0 Å². The normalized spacial score (nSPS) is 19.6. The van der Waals surface area contributed by atoms with E-state index in [0.717, 1.165) is 48.5 Å². The first-order chi connectivity index (χ1) is 10.1. The van der Waals surface area contributed by atoms with Crippen LogP contribution < -0.4 is 10.6 Å². The molecule has 2 heterocycles. The average molecular weight is 287 g/mol. The van der Waals surface area contributed by atoms with Gasteiger partial charge in [0, 0.05) is 18.2 Å². The monoisotopic (exact) mass is 287 g/mol. The number of hydrogen-bond donors (Lipinski definition) is 2. The molecule has 2 N–H and O–H groups in total. The minimum Gasteiger partial charge on any atom is -0.440 e. The summed E-state index contributed by atoms with van der Waals surface area (Å²) in [6.07, 6.45) is 2.96. The Hall–Kier alpha value is -2.04. The predicted molar refractivity (Wildman–Crippen MR) is 82.4 cm³/mol. The first kappa shape index (κ1) is 13.9. The summed E-state index contributed by atoms with van der Waals surface area (Å²) in [7, 11) is 0. The fourth-order valence-electron chi connectivity index (χ4n) is 2.56. The van der Waals surface area contributed by atoms with Crippen molar-refractivity contribution in [2.24, 2.45) is 0 Å². The van der Waals surface area contributed by atoms with Crippen molar-refractivity contribution in [2.45, 2.75) is 45.1 Å². The van der Waals surface area contributed by atoms with Crippen molar-refractivity contribution in [2.75, 3.05) is 11.9 Å². The summed E-state index contributed by atoms with van der Waals surface area (Å²) in [6, 6.07) is 5.63. The van der Waals surface area contributed by atoms with Crippen LogP contribution >= 0.6 is 0 Å². The van der Waals surface area contributed by atoms with E-state index in [1.54, 1.807) is 0 Å². The van der Waals surface area contributed by atoms with Gasteiger partial charge in [-0.05, 0) is 37.5 Å². The van der Waals surface area contributed by atoms with Gasteiger partial charge in [-0.15, -0.1) is 0 Å². The van der Waals surface area contributed by atoms with Crippen molar-refractivity contribution >= 4 is 22.7 Å². The Kier molecular flexibility index (Phi) is 3.82. The Bertz CT molecular complexity index is 648. The van der Waals surface area contributed by atoms with Crippen molar-refractivity contribution in [3.05, 3.63) is 24.1 Å². The molecule has 1 aromatic heterocycles. The zero-order chi connectivity index (χ0) is 14.8. The van der Waals surface area contributed by atoms with Gasteiger partial charge in [0.1, 0.15) is 11.6 Å². The lowest BCUT2D eigenvalue weighted by atomic mass is 10.1. The molecule has 2 aromatic rings. The molecule has 112 valence electrons. The van der Waals surface area contributed by atoms with Crippen LogP contribution in [0.4, 0.5) is 5.69 Å². The van der Waals surface area contributed by atoms with Crippen LogP contribution in [0, 0.1) is 0 Å². The molecule has 0 radical (unpaired) electrons. The number of aromatic nitrogens is 1. The lowest BCUT2D eigenvalue weighted by Crippen LogP contribution is -2.37. The first-order valence-electron chi connectivity index (χ1n) is 7.58. The molecule has 1 aliphatic rings. The summed E-state index contributed by atoms with van der Waals surface area (Å²) < 4.78 is 5.70. The number of benzene rings is 1. The van der Waals surface area contributed by atoms with E-state index in [4.69, 9.17) is 4.42 Å². The highest BCUT2D eigenvalue weighted by Gasteiger charge is 2.20. The SMILES string of the molecule is CC(C)c1nc2cc(NC3CCCCNC3=O)ccc2o1. The number of fused-ring (bicyclic) bond motifs is 1. The van der Waals surface area contributed by atoms with Crippen LogP contribution in [-0.4, -0.2) is 23.5 Å². The molecule has 1 fully saturated rings. The van der Waals surface area contributed by atoms with Crippen LogP contribution in [0.3, 0.4) is 0 Å². The summed E-state index contributed by atoms with van der Waals surface area (Å²) in [5, 5.41) is 6.24. The molecule has 0 spiro atoms. The highest BCUT2D eigenvalue weighted by atomic mass is 16.3. The molecule has 1 aromatic carbocycles. The van der Waals surface area contributed by atoms with Crippen LogP contribution in [-0.2, 0) is 4.79 Å². The van der Waals surface area contributed by atoms with Crippen LogP contribution in [0.2, 0.25) is 0 Å². The maximum Gasteiger partial charge on any atom is 0.242 e. The summed E-state index contributed by atoms with van der Waals surface area (Å²) in [4.78, 5) is 16.5. The zero-order valence-electron chi connectivity index (χ0n) is 12.5. The zero-order valence-corrected chi connectivity index (χ0v) is 12.5. The molecule has 0 aliphatic carbocycles. The highest BCUT2D eigenvalue weighted by molar-refractivity contribution is 5.86. The van der Waals surface area contributed by atoms with Gasteiger partial charge in [-0.25, -0.2) is 4.98 Å². The van der Waals surface area contributed by atoms with Crippen molar-refractivity contribution < 1.29 is 9.21 Å². The minimum atomic E-state index is -0.165. The largest absolute Gasteiger partial charge is 0.440 e.